The van der Waals surface area contributed by atoms with Gasteiger partial charge in [0, 0.05) is 6.42 Å². The molecule has 0 amide bonds. The van der Waals surface area contributed by atoms with E-state index in [1.165, 1.54) is 143 Å². The summed E-state index contributed by atoms with van der Waals surface area (Å²) in [6, 6.07) is 0. The van der Waals surface area contributed by atoms with E-state index in [0.717, 1.165) is 30.3 Å². The van der Waals surface area contributed by atoms with Crippen LogP contribution < -0.4 is 0 Å². The summed E-state index contributed by atoms with van der Waals surface area (Å²) < 4.78 is 5.40. The number of hydrogen-bond acceptors (Lipinski definition) is 3. The standard InChI is InChI=1S/C36H60O2.C20H28O/c1-7-8-9-10-11-12-13-14-15-16-17-18-19-25-35(37)38-30-28-32(3)23-20-22-31(2)26-27-34-33(4)24-21-29-36(34,5)6;1-16(8-6-9-17(2)13-15-21)11-12-19-18(3)10-7-14-20(19,4)5/h20,22-23,26-28H,7-19,21,24-25,29-30H2,1-6H3;6,8-9,11-13,15H,7,10,14H2,1-5H3. The van der Waals surface area contributed by atoms with Gasteiger partial charge >= 0.3 is 5.97 Å². The minimum absolute atomic E-state index is 0.0720. The van der Waals surface area contributed by atoms with E-state index in [1.54, 1.807) is 6.08 Å². The maximum atomic E-state index is 12.0. The molecule has 0 unspecified atom stereocenters. The van der Waals surface area contributed by atoms with E-state index in [-0.39, 0.29) is 16.8 Å². The highest BCUT2D eigenvalue weighted by atomic mass is 16.5. The summed E-state index contributed by atoms with van der Waals surface area (Å²) in [7, 11) is 0. The molecule has 0 fully saturated rings. The first-order valence-corrected chi connectivity index (χ1v) is 23.5. The van der Waals surface area contributed by atoms with Crippen LogP contribution >= 0.6 is 0 Å². The molecule has 0 heterocycles. The van der Waals surface area contributed by atoms with Gasteiger partial charge in [-0.05, 0) is 126 Å². The highest BCUT2D eigenvalue weighted by molar-refractivity contribution is 5.69. The maximum Gasteiger partial charge on any atom is 0.306 e. The van der Waals surface area contributed by atoms with Crippen molar-refractivity contribution in [2.45, 2.75) is 205 Å². The zero-order chi connectivity index (χ0) is 43.9. The molecule has 59 heavy (non-hydrogen) atoms. The first-order chi connectivity index (χ1) is 28.1. The quantitative estimate of drug-likeness (QED) is 0.0303. The Bertz CT molecular complexity index is 1550. The number of allylic oxidation sites excluding steroid dienone is 19. The number of rotatable bonds is 25. The van der Waals surface area contributed by atoms with E-state index >= 15 is 0 Å². The van der Waals surface area contributed by atoms with Crippen LogP contribution in [-0.4, -0.2) is 18.9 Å². The average molecular weight is 809 g/mol. The van der Waals surface area contributed by atoms with Crippen molar-refractivity contribution in [3.05, 3.63) is 117 Å². The number of carbonyl (C=O) groups excluding carboxylic acids is 2. The molecule has 0 saturated carbocycles. The first kappa shape index (κ1) is 53.6. The largest absolute Gasteiger partial charge is 0.461 e. The van der Waals surface area contributed by atoms with E-state index in [0.29, 0.717) is 13.0 Å². The Morgan fingerprint density at radius 1 is 0.576 bits per heavy atom. The molecule has 0 radical (unpaired) electrons. The minimum atomic E-state index is -0.0720. The third-order valence-electron chi connectivity index (χ3n) is 12.0. The van der Waals surface area contributed by atoms with Crippen molar-refractivity contribution < 1.29 is 14.3 Å². The molecule has 0 aromatic rings. The van der Waals surface area contributed by atoms with Gasteiger partial charge in [-0.2, -0.15) is 0 Å². The van der Waals surface area contributed by atoms with Crippen molar-refractivity contribution in [3.8, 4) is 0 Å². The fourth-order valence-corrected chi connectivity index (χ4v) is 8.12. The second-order valence-electron chi connectivity index (χ2n) is 18.7. The van der Waals surface area contributed by atoms with Gasteiger partial charge in [0.15, 0.2) is 0 Å². The molecular weight excluding hydrogens is 721 g/mol. The Balaban J connectivity index is 0.000000697. The van der Waals surface area contributed by atoms with Crippen LogP contribution in [0.2, 0.25) is 0 Å². The Kier molecular flexibility index (Phi) is 28.5. The molecule has 0 bridgehead atoms. The van der Waals surface area contributed by atoms with Crippen molar-refractivity contribution in [1.29, 1.82) is 0 Å². The number of carbonyl (C=O) groups is 2. The van der Waals surface area contributed by atoms with E-state index in [4.69, 9.17) is 4.74 Å². The van der Waals surface area contributed by atoms with Crippen LogP contribution in [-0.2, 0) is 14.3 Å². The predicted molar refractivity (Wildman–Crippen MR) is 260 cm³/mol. The Morgan fingerprint density at radius 2 is 0.983 bits per heavy atom. The van der Waals surface area contributed by atoms with Crippen molar-refractivity contribution in [2.75, 3.05) is 6.61 Å². The van der Waals surface area contributed by atoms with E-state index in [2.05, 4.69) is 118 Å². The Labute approximate surface area is 364 Å². The lowest BCUT2D eigenvalue weighted by Crippen LogP contribution is -2.19. The molecule has 0 spiro atoms. The second kappa shape index (κ2) is 31.4. The summed E-state index contributed by atoms with van der Waals surface area (Å²) in [5.74, 6) is -0.0720. The maximum absolute atomic E-state index is 12.0. The Hall–Kier alpha value is -3.46. The Morgan fingerprint density at radius 3 is 1.41 bits per heavy atom. The molecule has 3 nitrogen and oxygen atoms in total. The van der Waals surface area contributed by atoms with Crippen LogP contribution in [0, 0.1) is 10.8 Å². The molecule has 2 rings (SSSR count). The molecule has 0 N–H and O–H groups in total. The fraction of sp³-hybridized carbons (Fsp3) is 0.607. The van der Waals surface area contributed by atoms with Gasteiger partial charge in [0.2, 0.25) is 0 Å². The molecule has 0 aliphatic heterocycles. The smallest absolute Gasteiger partial charge is 0.306 e. The van der Waals surface area contributed by atoms with Crippen LogP contribution in [0.15, 0.2) is 117 Å². The van der Waals surface area contributed by atoms with Crippen LogP contribution in [0.4, 0.5) is 0 Å². The van der Waals surface area contributed by atoms with Gasteiger partial charge < -0.3 is 4.74 Å². The van der Waals surface area contributed by atoms with Crippen molar-refractivity contribution in [3.63, 3.8) is 0 Å². The van der Waals surface area contributed by atoms with Gasteiger partial charge in [-0.1, -0.05) is 200 Å². The summed E-state index contributed by atoms with van der Waals surface area (Å²) in [5.41, 5.74) is 11.1. The first-order valence-electron chi connectivity index (χ1n) is 23.5. The average Bonchev–Trinajstić information content (AvgIpc) is 3.16. The third-order valence-corrected chi connectivity index (χ3v) is 12.0. The highest BCUT2D eigenvalue weighted by Gasteiger charge is 2.27. The van der Waals surface area contributed by atoms with Crippen molar-refractivity contribution >= 4 is 12.3 Å². The zero-order valence-electron chi connectivity index (χ0n) is 40.1. The van der Waals surface area contributed by atoms with Crippen molar-refractivity contribution in [1.82, 2.24) is 0 Å². The number of esters is 1. The lowest BCUT2D eigenvalue weighted by atomic mass is 9.72. The van der Waals surface area contributed by atoms with Crippen LogP contribution in [0.3, 0.4) is 0 Å². The SMILES string of the molecule is CC(C=CC=C(C)C=CC1=C(C)CCCC1(C)C)=CC=O.CCCCCCCCCCCCCCCC(=O)OCC=C(C)C=CC=C(C)C=CC1=C(C)CCCC1(C)C. The van der Waals surface area contributed by atoms with Gasteiger partial charge in [-0.25, -0.2) is 0 Å². The number of hydrogen-bond donors (Lipinski definition) is 0. The number of unbranched alkanes of at least 4 members (excludes halogenated alkanes) is 12. The van der Waals surface area contributed by atoms with Crippen LogP contribution in [0.1, 0.15) is 205 Å². The molecule has 0 saturated heterocycles. The van der Waals surface area contributed by atoms with E-state index < -0.39 is 0 Å². The van der Waals surface area contributed by atoms with Gasteiger partial charge in [-0.3, -0.25) is 9.59 Å². The third kappa shape index (κ3) is 25.7. The normalized spacial score (nSPS) is 18.1. The summed E-state index contributed by atoms with van der Waals surface area (Å²) >= 11 is 0. The summed E-state index contributed by atoms with van der Waals surface area (Å²) in [6.07, 6.45) is 50.9. The van der Waals surface area contributed by atoms with Crippen LogP contribution in [0.5, 0.6) is 0 Å². The summed E-state index contributed by atoms with van der Waals surface area (Å²) in [4.78, 5) is 22.3. The molecule has 3 heteroatoms. The lowest BCUT2D eigenvalue weighted by Gasteiger charge is -2.33. The molecule has 2 aliphatic carbocycles. The number of ether oxygens (including phenoxy) is 1. The minimum Gasteiger partial charge on any atom is -0.461 e. The molecule has 0 atom stereocenters. The zero-order valence-corrected chi connectivity index (χ0v) is 40.1. The molecule has 2 aliphatic rings. The molecule has 330 valence electrons. The lowest BCUT2D eigenvalue weighted by molar-refractivity contribution is -0.142. The predicted octanol–water partition coefficient (Wildman–Crippen LogP) is 17.3. The highest BCUT2D eigenvalue weighted by Crippen LogP contribution is 2.41. The number of aldehydes is 1. The van der Waals surface area contributed by atoms with E-state index in [9.17, 15) is 9.59 Å². The van der Waals surface area contributed by atoms with E-state index in [1.807, 2.05) is 25.2 Å². The molecular formula is C56H88O3. The van der Waals surface area contributed by atoms with Gasteiger partial charge in [0.05, 0.1) is 0 Å². The van der Waals surface area contributed by atoms with Crippen LogP contribution in [0.25, 0.3) is 0 Å². The van der Waals surface area contributed by atoms with Crippen molar-refractivity contribution in [2.24, 2.45) is 10.8 Å². The second-order valence-corrected chi connectivity index (χ2v) is 18.7. The topological polar surface area (TPSA) is 43.4 Å². The molecule has 0 aromatic heterocycles. The molecule has 0 aromatic carbocycles. The monoisotopic (exact) mass is 809 g/mol. The van der Waals surface area contributed by atoms with Gasteiger partial charge in [0.1, 0.15) is 12.9 Å². The summed E-state index contributed by atoms with van der Waals surface area (Å²) in [6.45, 7) is 24.8. The summed E-state index contributed by atoms with van der Waals surface area (Å²) in [5, 5.41) is 0. The fourth-order valence-electron chi connectivity index (χ4n) is 8.12. The van der Waals surface area contributed by atoms with Gasteiger partial charge in [0.25, 0.3) is 0 Å². The van der Waals surface area contributed by atoms with Gasteiger partial charge in [-0.15, -0.1) is 0 Å².